The number of carbonyl (C=O) groups is 2. The van der Waals surface area contributed by atoms with Gasteiger partial charge in [-0.15, -0.1) is 0 Å². The van der Waals surface area contributed by atoms with Crippen LogP contribution in [0.1, 0.15) is 23.0 Å². The highest BCUT2D eigenvalue weighted by molar-refractivity contribution is 5.96. The van der Waals surface area contributed by atoms with Gasteiger partial charge in [-0.2, -0.15) is 0 Å². The lowest BCUT2D eigenvalue weighted by atomic mass is 10.2. The van der Waals surface area contributed by atoms with Crippen molar-refractivity contribution in [2.24, 2.45) is 0 Å². The minimum atomic E-state index is -0.216. The molecule has 0 saturated carbocycles. The molecule has 0 fully saturated rings. The van der Waals surface area contributed by atoms with E-state index in [4.69, 9.17) is 13.9 Å². The molecule has 2 aromatic carbocycles. The summed E-state index contributed by atoms with van der Waals surface area (Å²) < 4.78 is 16.0. The Labute approximate surface area is 186 Å². The highest BCUT2D eigenvalue weighted by atomic mass is 16.5. The number of rotatable bonds is 12. The third-order valence-electron chi connectivity index (χ3n) is 4.44. The second kappa shape index (κ2) is 12.2. The zero-order valence-electron chi connectivity index (χ0n) is 17.9. The quantitative estimate of drug-likeness (QED) is 0.374. The smallest absolute Gasteiger partial charge is 0.251 e. The van der Waals surface area contributed by atoms with Gasteiger partial charge in [0.05, 0.1) is 26.0 Å². The Balaban J connectivity index is 1.39. The summed E-state index contributed by atoms with van der Waals surface area (Å²) in [6, 6.07) is 17.6. The predicted molar refractivity (Wildman–Crippen MR) is 122 cm³/mol. The van der Waals surface area contributed by atoms with Gasteiger partial charge in [0, 0.05) is 23.5 Å². The molecule has 0 spiro atoms. The van der Waals surface area contributed by atoms with Gasteiger partial charge < -0.3 is 29.8 Å². The highest BCUT2D eigenvalue weighted by Gasteiger charge is 2.08. The molecule has 0 aliphatic rings. The maximum atomic E-state index is 12.2. The van der Waals surface area contributed by atoms with Gasteiger partial charge in [-0.3, -0.25) is 9.59 Å². The zero-order chi connectivity index (χ0) is 22.6. The molecule has 0 radical (unpaired) electrons. The van der Waals surface area contributed by atoms with E-state index in [9.17, 15) is 9.59 Å². The first-order valence-corrected chi connectivity index (χ1v) is 10.4. The first-order chi connectivity index (χ1) is 15.6. The molecule has 3 aromatic rings. The fourth-order valence-electron chi connectivity index (χ4n) is 2.81. The molecular formula is C24H27N3O5. The van der Waals surface area contributed by atoms with Crippen LogP contribution in [-0.4, -0.2) is 38.2 Å². The first-order valence-electron chi connectivity index (χ1n) is 10.4. The van der Waals surface area contributed by atoms with Crippen molar-refractivity contribution >= 4 is 23.2 Å². The molecule has 0 aliphatic carbocycles. The molecular weight excluding hydrogens is 410 g/mol. The number of anilines is 2. The second-order valence-corrected chi connectivity index (χ2v) is 6.81. The van der Waals surface area contributed by atoms with E-state index in [1.54, 1.807) is 42.7 Å². The molecule has 1 aromatic heterocycles. The molecule has 8 nitrogen and oxygen atoms in total. The monoisotopic (exact) mass is 437 g/mol. The van der Waals surface area contributed by atoms with Gasteiger partial charge in [-0.05, 0) is 67.6 Å². The Morgan fingerprint density at radius 3 is 2.38 bits per heavy atom. The molecule has 0 bridgehead atoms. The van der Waals surface area contributed by atoms with Crippen LogP contribution in [0.2, 0.25) is 0 Å². The summed E-state index contributed by atoms with van der Waals surface area (Å²) in [5.41, 5.74) is 1.91. The summed E-state index contributed by atoms with van der Waals surface area (Å²) in [5, 5.41) is 8.64. The number of furan rings is 1. The molecule has 2 amide bonds. The van der Waals surface area contributed by atoms with Crippen LogP contribution in [0, 0.1) is 0 Å². The van der Waals surface area contributed by atoms with Gasteiger partial charge in [0.2, 0.25) is 5.91 Å². The van der Waals surface area contributed by atoms with Crippen LogP contribution in [0.15, 0.2) is 71.3 Å². The molecule has 168 valence electrons. The molecule has 1 heterocycles. The average molecular weight is 437 g/mol. The highest BCUT2D eigenvalue weighted by Crippen LogP contribution is 2.16. The van der Waals surface area contributed by atoms with E-state index in [1.807, 2.05) is 31.2 Å². The minimum absolute atomic E-state index is 0.107. The summed E-state index contributed by atoms with van der Waals surface area (Å²) >= 11 is 0. The van der Waals surface area contributed by atoms with E-state index in [0.717, 1.165) is 11.4 Å². The van der Waals surface area contributed by atoms with E-state index in [0.29, 0.717) is 43.4 Å². The second-order valence-electron chi connectivity index (χ2n) is 6.81. The lowest BCUT2D eigenvalue weighted by Crippen LogP contribution is -2.23. The van der Waals surface area contributed by atoms with Crippen LogP contribution < -0.4 is 20.7 Å². The first kappa shape index (κ1) is 22.9. The Morgan fingerprint density at radius 1 is 0.938 bits per heavy atom. The summed E-state index contributed by atoms with van der Waals surface area (Å²) in [6.07, 6.45) is 1.56. The lowest BCUT2D eigenvalue weighted by molar-refractivity contribution is -0.114. The van der Waals surface area contributed by atoms with Crippen molar-refractivity contribution < 1.29 is 23.5 Å². The van der Waals surface area contributed by atoms with E-state index >= 15 is 0 Å². The Kier molecular flexibility index (Phi) is 8.70. The van der Waals surface area contributed by atoms with E-state index < -0.39 is 0 Å². The van der Waals surface area contributed by atoms with Crippen LogP contribution in [-0.2, 0) is 16.1 Å². The number of carbonyl (C=O) groups excluding carboxylic acids is 2. The number of ether oxygens (including phenoxy) is 2. The van der Waals surface area contributed by atoms with Crippen LogP contribution >= 0.6 is 0 Å². The fraction of sp³-hybridized carbons (Fsp3) is 0.250. The Hall–Kier alpha value is -3.78. The maximum Gasteiger partial charge on any atom is 0.251 e. The molecule has 32 heavy (non-hydrogen) atoms. The summed E-state index contributed by atoms with van der Waals surface area (Å²) in [5.74, 6) is 1.01. The fourth-order valence-corrected chi connectivity index (χ4v) is 2.81. The van der Waals surface area contributed by atoms with Gasteiger partial charge >= 0.3 is 0 Å². The number of amides is 2. The minimum Gasteiger partial charge on any atom is -0.491 e. The zero-order valence-corrected chi connectivity index (χ0v) is 17.9. The SMILES string of the molecule is CCOCCOc1ccc(NCC(=O)Nc2ccc(C(=O)NCc3ccco3)cc2)cc1. The van der Waals surface area contributed by atoms with E-state index in [1.165, 1.54) is 0 Å². The lowest BCUT2D eigenvalue weighted by Gasteiger charge is -2.10. The normalized spacial score (nSPS) is 10.4. The standard InChI is InChI=1S/C24H27N3O5/c1-2-30-14-15-32-21-11-9-19(10-12-21)25-17-23(28)27-20-7-5-18(6-8-20)24(29)26-16-22-4-3-13-31-22/h3-13,25H,2,14-17H2,1H3,(H,26,29)(H,27,28). The van der Waals surface area contributed by atoms with Gasteiger partial charge in [0.15, 0.2) is 0 Å². The third kappa shape index (κ3) is 7.48. The van der Waals surface area contributed by atoms with Crippen LogP contribution in [0.5, 0.6) is 5.75 Å². The van der Waals surface area contributed by atoms with Crippen molar-refractivity contribution in [2.45, 2.75) is 13.5 Å². The van der Waals surface area contributed by atoms with Gasteiger partial charge in [0.1, 0.15) is 18.1 Å². The number of hydrogen-bond donors (Lipinski definition) is 3. The van der Waals surface area contributed by atoms with Crippen LogP contribution in [0.4, 0.5) is 11.4 Å². The van der Waals surface area contributed by atoms with Crippen LogP contribution in [0.3, 0.4) is 0 Å². The molecule has 0 saturated heterocycles. The molecule has 0 atom stereocenters. The molecule has 0 unspecified atom stereocenters. The van der Waals surface area contributed by atoms with Crippen molar-refractivity contribution in [3.63, 3.8) is 0 Å². The Bertz CT molecular complexity index is 970. The largest absolute Gasteiger partial charge is 0.491 e. The van der Waals surface area contributed by atoms with Crippen molar-refractivity contribution in [1.29, 1.82) is 0 Å². The van der Waals surface area contributed by atoms with Crippen molar-refractivity contribution in [3.05, 3.63) is 78.3 Å². The molecule has 3 rings (SSSR count). The van der Waals surface area contributed by atoms with Crippen molar-refractivity contribution in [3.8, 4) is 5.75 Å². The van der Waals surface area contributed by atoms with Crippen LogP contribution in [0.25, 0.3) is 0 Å². The summed E-state index contributed by atoms with van der Waals surface area (Å²) in [6.45, 7) is 4.07. The number of benzene rings is 2. The maximum absolute atomic E-state index is 12.2. The molecule has 3 N–H and O–H groups in total. The van der Waals surface area contributed by atoms with E-state index in [-0.39, 0.29) is 18.4 Å². The third-order valence-corrected chi connectivity index (χ3v) is 4.44. The topological polar surface area (TPSA) is 102 Å². The average Bonchev–Trinajstić information content (AvgIpc) is 3.34. The predicted octanol–water partition coefficient (Wildman–Crippen LogP) is 3.68. The summed E-state index contributed by atoms with van der Waals surface area (Å²) in [4.78, 5) is 24.4. The number of nitrogens with one attached hydrogen (secondary N) is 3. The van der Waals surface area contributed by atoms with Gasteiger partial charge in [0.25, 0.3) is 5.91 Å². The summed E-state index contributed by atoms with van der Waals surface area (Å²) in [7, 11) is 0. The van der Waals surface area contributed by atoms with E-state index in [2.05, 4.69) is 16.0 Å². The van der Waals surface area contributed by atoms with Crippen molar-refractivity contribution in [1.82, 2.24) is 5.32 Å². The van der Waals surface area contributed by atoms with Gasteiger partial charge in [-0.25, -0.2) is 0 Å². The number of hydrogen-bond acceptors (Lipinski definition) is 6. The van der Waals surface area contributed by atoms with Crippen molar-refractivity contribution in [2.75, 3.05) is 37.0 Å². The molecule has 0 aliphatic heterocycles. The van der Waals surface area contributed by atoms with Gasteiger partial charge in [-0.1, -0.05) is 0 Å². The molecule has 8 heteroatoms. The Morgan fingerprint density at radius 2 is 1.69 bits per heavy atom.